The molecule has 1 aromatic heterocycles. The van der Waals surface area contributed by atoms with E-state index in [-0.39, 0.29) is 12.5 Å². The number of pyridine rings is 1. The molecule has 1 fully saturated rings. The van der Waals surface area contributed by atoms with Gasteiger partial charge in [0.25, 0.3) is 5.91 Å². The number of likely N-dealkylation sites (tertiary alicyclic amines) is 1. The maximum Gasteiger partial charge on any atom is 0.272 e. The molecular formula is C20H23ClN2O2. The second kappa shape index (κ2) is 7.87. The van der Waals surface area contributed by atoms with Gasteiger partial charge in [0.05, 0.1) is 10.7 Å². The number of aryl methyl sites for hydroxylation is 1. The molecule has 0 bridgehead atoms. The number of halogens is 1. The van der Waals surface area contributed by atoms with Gasteiger partial charge in [-0.05, 0) is 49.4 Å². The van der Waals surface area contributed by atoms with Gasteiger partial charge in [-0.2, -0.15) is 0 Å². The number of carbonyl (C=O) groups is 1. The molecule has 132 valence electrons. The number of aromatic nitrogens is 1. The highest BCUT2D eigenvalue weighted by Crippen LogP contribution is 2.28. The molecule has 1 aromatic carbocycles. The van der Waals surface area contributed by atoms with E-state index in [1.807, 2.05) is 42.2 Å². The molecule has 1 saturated heterocycles. The number of carbonyl (C=O) groups excluding carboxylic acids is 1. The van der Waals surface area contributed by atoms with E-state index in [2.05, 4.69) is 11.9 Å². The Kier molecular flexibility index (Phi) is 5.59. The lowest BCUT2D eigenvalue weighted by molar-refractivity contribution is 0.0676. The van der Waals surface area contributed by atoms with E-state index in [1.54, 1.807) is 6.07 Å². The summed E-state index contributed by atoms with van der Waals surface area (Å²) in [5, 5.41) is 0.608. The summed E-state index contributed by atoms with van der Waals surface area (Å²) < 4.78 is 5.78. The average Bonchev–Trinajstić information content (AvgIpc) is 2.62. The normalized spacial score (nSPS) is 17.4. The molecule has 0 N–H and O–H groups in total. The number of rotatable bonds is 4. The molecule has 2 aromatic rings. The van der Waals surface area contributed by atoms with Crippen molar-refractivity contribution in [2.24, 2.45) is 5.92 Å². The van der Waals surface area contributed by atoms with Crippen molar-refractivity contribution in [3.63, 3.8) is 0 Å². The molecule has 1 unspecified atom stereocenters. The van der Waals surface area contributed by atoms with Gasteiger partial charge in [0.15, 0.2) is 0 Å². The standard InChI is InChI=1S/C20H23ClN2O2/c1-14-6-5-11-23(12-14)20(24)17-9-4-8-16(22-17)13-25-18-10-3-7-15(2)19(18)21/h3-4,7-10,14H,5-6,11-13H2,1-2H3. The van der Waals surface area contributed by atoms with Gasteiger partial charge in [-0.25, -0.2) is 4.98 Å². The zero-order valence-corrected chi connectivity index (χ0v) is 15.4. The molecule has 1 aliphatic rings. The minimum Gasteiger partial charge on any atom is -0.486 e. The molecule has 0 saturated carbocycles. The highest BCUT2D eigenvalue weighted by Gasteiger charge is 2.23. The SMILES string of the molecule is Cc1cccc(OCc2cccc(C(=O)N3CCCC(C)C3)n2)c1Cl. The van der Waals surface area contributed by atoms with Crippen molar-refractivity contribution in [2.75, 3.05) is 13.1 Å². The summed E-state index contributed by atoms with van der Waals surface area (Å²) in [5.74, 6) is 1.18. The highest BCUT2D eigenvalue weighted by molar-refractivity contribution is 6.32. The summed E-state index contributed by atoms with van der Waals surface area (Å²) >= 11 is 6.25. The summed E-state index contributed by atoms with van der Waals surface area (Å²) in [7, 11) is 0. The second-order valence-corrected chi connectivity index (χ2v) is 7.07. The predicted molar refractivity (Wildman–Crippen MR) is 99.1 cm³/mol. The third kappa shape index (κ3) is 4.31. The summed E-state index contributed by atoms with van der Waals surface area (Å²) in [4.78, 5) is 19.1. The molecule has 5 heteroatoms. The van der Waals surface area contributed by atoms with Crippen LogP contribution in [0.15, 0.2) is 36.4 Å². The first-order valence-electron chi connectivity index (χ1n) is 8.67. The number of amides is 1. The number of hydrogen-bond acceptors (Lipinski definition) is 3. The van der Waals surface area contributed by atoms with Gasteiger partial charge in [0.1, 0.15) is 18.1 Å². The molecule has 25 heavy (non-hydrogen) atoms. The lowest BCUT2D eigenvalue weighted by Crippen LogP contribution is -2.39. The molecular weight excluding hydrogens is 336 g/mol. The van der Waals surface area contributed by atoms with Crippen molar-refractivity contribution in [3.8, 4) is 5.75 Å². The van der Waals surface area contributed by atoms with E-state index >= 15 is 0 Å². The summed E-state index contributed by atoms with van der Waals surface area (Å²) in [6, 6.07) is 11.2. The van der Waals surface area contributed by atoms with Crippen LogP contribution < -0.4 is 4.74 Å². The Balaban J connectivity index is 1.69. The van der Waals surface area contributed by atoms with Crippen molar-refractivity contribution < 1.29 is 9.53 Å². The Labute approximate surface area is 153 Å². The van der Waals surface area contributed by atoms with Crippen LogP contribution in [0.2, 0.25) is 5.02 Å². The average molecular weight is 359 g/mol. The van der Waals surface area contributed by atoms with Gasteiger partial charge < -0.3 is 9.64 Å². The van der Waals surface area contributed by atoms with Crippen LogP contribution in [0.1, 0.15) is 41.5 Å². The van der Waals surface area contributed by atoms with E-state index in [4.69, 9.17) is 16.3 Å². The maximum atomic E-state index is 12.7. The fourth-order valence-corrected chi connectivity index (χ4v) is 3.28. The topological polar surface area (TPSA) is 42.4 Å². The molecule has 0 aliphatic carbocycles. The van der Waals surface area contributed by atoms with Crippen molar-refractivity contribution in [2.45, 2.75) is 33.3 Å². The zero-order chi connectivity index (χ0) is 17.8. The maximum absolute atomic E-state index is 12.7. The Morgan fingerprint density at radius 2 is 2.12 bits per heavy atom. The van der Waals surface area contributed by atoms with Crippen LogP contribution >= 0.6 is 11.6 Å². The van der Waals surface area contributed by atoms with Gasteiger partial charge in [-0.15, -0.1) is 0 Å². The van der Waals surface area contributed by atoms with Gasteiger partial charge >= 0.3 is 0 Å². The molecule has 1 atom stereocenters. The first-order chi connectivity index (χ1) is 12.0. The number of nitrogens with zero attached hydrogens (tertiary/aromatic N) is 2. The third-order valence-corrected chi connectivity index (χ3v) is 4.99. The fraction of sp³-hybridized carbons (Fsp3) is 0.400. The summed E-state index contributed by atoms with van der Waals surface area (Å²) in [6.45, 7) is 6.01. The molecule has 2 heterocycles. The lowest BCUT2D eigenvalue weighted by Gasteiger charge is -2.30. The minimum atomic E-state index is 0.00184. The predicted octanol–water partition coefficient (Wildman–Crippen LogP) is 4.49. The van der Waals surface area contributed by atoms with Crippen molar-refractivity contribution in [3.05, 3.63) is 58.4 Å². The Morgan fingerprint density at radius 1 is 1.32 bits per heavy atom. The largest absolute Gasteiger partial charge is 0.486 e. The number of ether oxygens (including phenoxy) is 1. The van der Waals surface area contributed by atoms with Gasteiger partial charge in [0, 0.05) is 13.1 Å². The second-order valence-electron chi connectivity index (χ2n) is 6.69. The number of hydrogen-bond donors (Lipinski definition) is 0. The van der Waals surface area contributed by atoms with Crippen LogP contribution in [0.25, 0.3) is 0 Å². The Bertz CT molecular complexity index is 763. The van der Waals surface area contributed by atoms with Crippen LogP contribution in [0, 0.1) is 12.8 Å². The fourth-order valence-electron chi connectivity index (χ4n) is 3.10. The molecule has 1 amide bonds. The van der Waals surface area contributed by atoms with Crippen LogP contribution in [0.5, 0.6) is 5.75 Å². The van der Waals surface area contributed by atoms with E-state index in [9.17, 15) is 4.79 Å². The highest BCUT2D eigenvalue weighted by atomic mass is 35.5. The van der Waals surface area contributed by atoms with E-state index in [0.29, 0.717) is 28.1 Å². The Hall–Kier alpha value is -2.07. The smallest absolute Gasteiger partial charge is 0.272 e. The number of piperidine rings is 1. The van der Waals surface area contributed by atoms with Crippen LogP contribution in [0.4, 0.5) is 0 Å². The quantitative estimate of drug-likeness (QED) is 0.808. The minimum absolute atomic E-state index is 0.00184. The number of benzene rings is 1. The summed E-state index contributed by atoms with van der Waals surface area (Å²) in [6.07, 6.45) is 2.24. The van der Waals surface area contributed by atoms with Crippen LogP contribution in [-0.2, 0) is 6.61 Å². The Morgan fingerprint density at radius 3 is 2.92 bits per heavy atom. The lowest BCUT2D eigenvalue weighted by atomic mass is 10.00. The zero-order valence-electron chi connectivity index (χ0n) is 14.7. The van der Waals surface area contributed by atoms with Crippen molar-refractivity contribution in [1.82, 2.24) is 9.88 Å². The van der Waals surface area contributed by atoms with E-state index in [0.717, 1.165) is 25.1 Å². The molecule has 3 rings (SSSR count). The molecule has 0 radical (unpaired) electrons. The van der Waals surface area contributed by atoms with Crippen LogP contribution in [-0.4, -0.2) is 28.9 Å². The third-order valence-electron chi connectivity index (χ3n) is 4.50. The monoisotopic (exact) mass is 358 g/mol. The van der Waals surface area contributed by atoms with Gasteiger partial charge in [-0.3, -0.25) is 4.79 Å². The summed E-state index contributed by atoms with van der Waals surface area (Å²) in [5.41, 5.74) is 2.16. The van der Waals surface area contributed by atoms with Gasteiger partial charge in [-0.1, -0.05) is 36.7 Å². The molecule has 1 aliphatic heterocycles. The molecule has 0 spiro atoms. The molecule has 4 nitrogen and oxygen atoms in total. The van der Waals surface area contributed by atoms with Gasteiger partial charge in [0.2, 0.25) is 0 Å². The first-order valence-corrected chi connectivity index (χ1v) is 9.05. The van der Waals surface area contributed by atoms with Crippen LogP contribution in [0.3, 0.4) is 0 Å². The van der Waals surface area contributed by atoms with Crippen molar-refractivity contribution >= 4 is 17.5 Å². The van der Waals surface area contributed by atoms with E-state index in [1.165, 1.54) is 6.42 Å². The van der Waals surface area contributed by atoms with Crippen molar-refractivity contribution in [1.29, 1.82) is 0 Å². The first kappa shape index (κ1) is 17.7. The van der Waals surface area contributed by atoms with E-state index < -0.39 is 0 Å².